The number of aromatic nitrogens is 2. The fourth-order valence-electron chi connectivity index (χ4n) is 2.71. The number of benzene rings is 1. The molecule has 1 fully saturated rings. The SMILES string of the molecule is CCCNc1ccnc(N2CCN(c3ccccc3F)CC2)n1. The second-order valence-electron chi connectivity index (χ2n) is 5.59. The van der Waals surface area contributed by atoms with Crippen LogP contribution in [0.15, 0.2) is 36.5 Å². The second-order valence-corrected chi connectivity index (χ2v) is 5.59. The number of nitrogens with one attached hydrogen (secondary N) is 1. The summed E-state index contributed by atoms with van der Waals surface area (Å²) < 4.78 is 13.9. The number of anilines is 3. The molecule has 0 radical (unpaired) electrons. The smallest absolute Gasteiger partial charge is 0.227 e. The van der Waals surface area contributed by atoms with Gasteiger partial charge in [-0.25, -0.2) is 9.37 Å². The Morgan fingerprint density at radius 3 is 2.57 bits per heavy atom. The van der Waals surface area contributed by atoms with Crippen molar-refractivity contribution in [3.8, 4) is 0 Å². The number of rotatable bonds is 5. The summed E-state index contributed by atoms with van der Waals surface area (Å²) in [6.07, 6.45) is 2.84. The number of piperazine rings is 1. The van der Waals surface area contributed by atoms with Crippen molar-refractivity contribution in [2.24, 2.45) is 0 Å². The Morgan fingerprint density at radius 1 is 1.09 bits per heavy atom. The van der Waals surface area contributed by atoms with E-state index in [4.69, 9.17) is 0 Å². The number of hydrogen-bond acceptors (Lipinski definition) is 5. The number of hydrogen-bond donors (Lipinski definition) is 1. The van der Waals surface area contributed by atoms with Crippen LogP contribution in [0.5, 0.6) is 0 Å². The fourth-order valence-corrected chi connectivity index (χ4v) is 2.71. The zero-order chi connectivity index (χ0) is 16.1. The van der Waals surface area contributed by atoms with Crippen molar-refractivity contribution in [3.05, 3.63) is 42.3 Å². The summed E-state index contributed by atoms with van der Waals surface area (Å²) in [5.74, 6) is 1.43. The Morgan fingerprint density at radius 2 is 1.83 bits per heavy atom. The summed E-state index contributed by atoms with van der Waals surface area (Å²) in [6, 6.07) is 8.81. The van der Waals surface area contributed by atoms with Gasteiger partial charge in [-0.2, -0.15) is 4.98 Å². The van der Waals surface area contributed by atoms with Crippen LogP contribution in [0.3, 0.4) is 0 Å². The highest BCUT2D eigenvalue weighted by Crippen LogP contribution is 2.21. The minimum absolute atomic E-state index is 0.164. The molecule has 0 atom stereocenters. The van der Waals surface area contributed by atoms with E-state index in [1.165, 1.54) is 6.07 Å². The minimum atomic E-state index is -0.164. The van der Waals surface area contributed by atoms with Crippen molar-refractivity contribution >= 4 is 17.5 Å². The van der Waals surface area contributed by atoms with E-state index in [-0.39, 0.29) is 5.82 Å². The van der Waals surface area contributed by atoms with Crippen molar-refractivity contribution in [1.29, 1.82) is 0 Å². The maximum absolute atomic E-state index is 13.9. The molecular weight excluding hydrogens is 293 g/mol. The lowest BCUT2D eigenvalue weighted by Gasteiger charge is -2.36. The van der Waals surface area contributed by atoms with E-state index in [1.54, 1.807) is 12.3 Å². The third-order valence-electron chi connectivity index (χ3n) is 3.95. The first-order valence-corrected chi connectivity index (χ1v) is 8.09. The number of nitrogens with zero attached hydrogens (tertiary/aromatic N) is 4. The normalized spacial score (nSPS) is 14.9. The van der Waals surface area contributed by atoms with Crippen LogP contribution < -0.4 is 15.1 Å². The fraction of sp³-hybridized carbons (Fsp3) is 0.412. The van der Waals surface area contributed by atoms with Crippen LogP contribution in [0.1, 0.15) is 13.3 Å². The number of para-hydroxylation sites is 1. The van der Waals surface area contributed by atoms with E-state index >= 15 is 0 Å². The molecule has 2 aromatic rings. The van der Waals surface area contributed by atoms with Gasteiger partial charge in [-0.3, -0.25) is 0 Å². The summed E-state index contributed by atoms with van der Waals surface area (Å²) >= 11 is 0. The Hall–Kier alpha value is -2.37. The van der Waals surface area contributed by atoms with Gasteiger partial charge in [0.05, 0.1) is 5.69 Å². The highest BCUT2D eigenvalue weighted by molar-refractivity contribution is 5.50. The van der Waals surface area contributed by atoms with E-state index < -0.39 is 0 Å². The molecular formula is C17H22FN5. The molecule has 5 nitrogen and oxygen atoms in total. The molecule has 0 saturated carbocycles. The Labute approximate surface area is 136 Å². The van der Waals surface area contributed by atoms with Crippen molar-refractivity contribution < 1.29 is 4.39 Å². The highest BCUT2D eigenvalue weighted by Gasteiger charge is 2.21. The molecule has 0 spiro atoms. The highest BCUT2D eigenvalue weighted by atomic mass is 19.1. The van der Waals surface area contributed by atoms with Gasteiger partial charge in [0.2, 0.25) is 5.95 Å². The van der Waals surface area contributed by atoms with Crippen molar-refractivity contribution in [2.75, 3.05) is 47.8 Å². The molecule has 1 aliphatic heterocycles. The Balaban J connectivity index is 1.64. The van der Waals surface area contributed by atoms with Gasteiger partial charge in [-0.1, -0.05) is 19.1 Å². The molecule has 1 aliphatic rings. The summed E-state index contributed by atoms with van der Waals surface area (Å²) in [6.45, 7) is 6.11. The zero-order valence-corrected chi connectivity index (χ0v) is 13.4. The lowest BCUT2D eigenvalue weighted by molar-refractivity contribution is 0.594. The van der Waals surface area contributed by atoms with E-state index in [1.807, 2.05) is 18.2 Å². The van der Waals surface area contributed by atoms with Crippen LogP contribution >= 0.6 is 0 Å². The van der Waals surface area contributed by atoms with Gasteiger partial charge in [-0.15, -0.1) is 0 Å². The molecule has 0 unspecified atom stereocenters. The molecule has 1 aromatic heterocycles. The molecule has 1 saturated heterocycles. The average Bonchev–Trinajstić information content (AvgIpc) is 2.61. The van der Waals surface area contributed by atoms with Crippen LogP contribution in [0.25, 0.3) is 0 Å². The van der Waals surface area contributed by atoms with Crippen LogP contribution in [0.4, 0.5) is 21.8 Å². The van der Waals surface area contributed by atoms with Gasteiger partial charge in [0.1, 0.15) is 11.6 Å². The Kier molecular flexibility index (Phi) is 4.90. The molecule has 1 N–H and O–H groups in total. The summed E-state index contributed by atoms with van der Waals surface area (Å²) in [5.41, 5.74) is 0.673. The molecule has 3 rings (SSSR count). The molecule has 0 amide bonds. The van der Waals surface area contributed by atoms with Gasteiger partial charge in [0.25, 0.3) is 0 Å². The predicted molar refractivity (Wildman–Crippen MR) is 91.6 cm³/mol. The van der Waals surface area contributed by atoms with Crippen LogP contribution in [0, 0.1) is 5.82 Å². The van der Waals surface area contributed by atoms with E-state index in [9.17, 15) is 4.39 Å². The Bertz CT molecular complexity index is 640. The molecule has 122 valence electrons. The molecule has 0 bridgehead atoms. The lowest BCUT2D eigenvalue weighted by atomic mass is 10.2. The first-order valence-electron chi connectivity index (χ1n) is 8.09. The first-order chi connectivity index (χ1) is 11.3. The number of halogens is 1. The van der Waals surface area contributed by atoms with Crippen LogP contribution in [0.2, 0.25) is 0 Å². The maximum Gasteiger partial charge on any atom is 0.227 e. The third-order valence-corrected chi connectivity index (χ3v) is 3.95. The minimum Gasteiger partial charge on any atom is -0.370 e. The quantitative estimate of drug-likeness (QED) is 0.919. The third kappa shape index (κ3) is 3.70. The standard InChI is InChI=1S/C17H22FN5/c1-2-8-19-16-7-9-20-17(21-16)23-12-10-22(11-13-23)15-6-4-3-5-14(15)18/h3-7,9H,2,8,10-13H2,1H3,(H,19,20,21). The summed E-state index contributed by atoms with van der Waals surface area (Å²) in [4.78, 5) is 13.2. The summed E-state index contributed by atoms with van der Waals surface area (Å²) in [7, 11) is 0. The van der Waals surface area contributed by atoms with Gasteiger partial charge in [-0.05, 0) is 24.6 Å². The van der Waals surface area contributed by atoms with Gasteiger partial charge in [0, 0.05) is 38.9 Å². The molecule has 1 aromatic carbocycles. The molecule has 2 heterocycles. The van der Waals surface area contributed by atoms with Gasteiger partial charge < -0.3 is 15.1 Å². The van der Waals surface area contributed by atoms with Gasteiger partial charge >= 0.3 is 0 Å². The lowest BCUT2D eigenvalue weighted by Crippen LogP contribution is -2.47. The zero-order valence-electron chi connectivity index (χ0n) is 13.4. The first kappa shape index (κ1) is 15.5. The van der Waals surface area contributed by atoms with Crippen LogP contribution in [-0.2, 0) is 0 Å². The van der Waals surface area contributed by atoms with Crippen molar-refractivity contribution in [3.63, 3.8) is 0 Å². The van der Waals surface area contributed by atoms with Crippen molar-refractivity contribution in [2.45, 2.75) is 13.3 Å². The average molecular weight is 315 g/mol. The predicted octanol–water partition coefficient (Wildman–Crippen LogP) is 2.76. The monoisotopic (exact) mass is 315 g/mol. The van der Waals surface area contributed by atoms with Gasteiger partial charge in [0.15, 0.2) is 0 Å². The van der Waals surface area contributed by atoms with Crippen LogP contribution in [-0.4, -0.2) is 42.7 Å². The molecule has 6 heteroatoms. The maximum atomic E-state index is 13.9. The molecule has 0 aliphatic carbocycles. The van der Waals surface area contributed by atoms with E-state index in [0.29, 0.717) is 5.69 Å². The van der Waals surface area contributed by atoms with Crippen molar-refractivity contribution in [1.82, 2.24) is 9.97 Å². The largest absolute Gasteiger partial charge is 0.370 e. The van der Waals surface area contributed by atoms with E-state index in [0.717, 1.165) is 50.9 Å². The second kappa shape index (κ2) is 7.26. The molecule has 23 heavy (non-hydrogen) atoms. The summed E-state index contributed by atoms with van der Waals surface area (Å²) in [5, 5.41) is 3.28. The van der Waals surface area contributed by atoms with E-state index in [2.05, 4.69) is 32.0 Å². The topological polar surface area (TPSA) is 44.3 Å².